The van der Waals surface area contributed by atoms with Crippen LogP contribution in [0.5, 0.6) is 0 Å². The van der Waals surface area contributed by atoms with Crippen LogP contribution in [0.4, 0.5) is 4.79 Å². The number of carbonyl (C=O) groups is 2. The fourth-order valence-corrected chi connectivity index (χ4v) is 4.48. The fourth-order valence-electron chi connectivity index (χ4n) is 3.80. The molecule has 0 aromatic heterocycles. The Balaban J connectivity index is 1.85. The Morgan fingerprint density at radius 2 is 1.72 bits per heavy atom. The van der Waals surface area contributed by atoms with Crippen LogP contribution < -0.4 is 0 Å². The van der Waals surface area contributed by atoms with Crippen LogP contribution in [0.2, 0.25) is 0 Å². The molecule has 32 heavy (non-hydrogen) atoms. The lowest BCUT2D eigenvalue weighted by Gasteiger charge is -2.39. The SMILES string of the molecule is CC(C)CN(CP(=O)(O)O)C(=O)N1Cc2ccccc2CC1C(=O)OCc1ccccc1. The number of nitrogens with zero attached hydrogens (tertiary/aromatic N) is 2. The monoisotopic (exact) mass is 460 g/mol. The molecule has 1 aliphatic heterocycles. The first-order valence-electron chi connectivity index (χ1n) is 10.5. The molecule has 2 aromatic carbocycles. The zero-order chi connectivity index (χ0) is 23.3. The summed E-state index contributed by atoms with van der Waals surface area (Å²) in [5.41, 5.74) is 2.68. The summed E-state index contributed by atoms with van der Waals surface area (Å²) in [4.78, 5) is 48.0. The van der Waals surface area contributed by atoms with Crippen molar-refractivity contribution >= 4 is 19.6 Å². The summed E-state index contributed by atoms with van der Waals surface area (Å²) >= 11 is 0. The fraction of sp³-hybridized carbons (Fsp3) is 0.391. The molecule has 2 N–H and O–H groups in total. The lowest BCUT2D eigenvalue weighted by molar-refractivity contribution is -0.151. The van der Waals surface area contributed by atoms with Crippen molar-refractivity contribution < 1.29 is 28.7 Å². The molecule has 9 heteroatoms. The van der Waals surface area contributed by atoms with Crippen molar-refractivity contribution in [2.75, 3.05) is 12.8 Å². The molecule has 0 saturated heterocycles. The molecule has 0 saturated carbocycles. The highest BCUT2D eigenvalue weighted by molar-refractivity contribution is 7.51. The van der Waals surface area contributed by atoms with E-state index in [4.69, 9.17) is 4.74 Å². The van der Waals surface area contributed by atoms with Gasteiger partial charge in [-0.15, -0.1) is 0 Å². The van der Waals surface area contributed by atoms with E-state index in [1.807, 2.05) is 68.4 Å². The Kier molecular flexibility index (Phi) is 7.72. The minimum absolute atomic E-state index is 0.00828. The second kappa shape index (κ2) is 10.3. The molecule has 0 bridgehead atoms. The van der Waals surface area contributed by atoms with E-state index in [1.54, 1.807) is 0 Å². The van der Waals surface area contributed by atoms with Crippen LogP contribution in [0.15, 0.2) is 54.6 Å². The molecule has 0 aliphatic carbocycles. The summed E-state index contributed by atoms with van der Waals surface area (Å²) in [6.45, 7) is 4.12. The van der Waals surface area contributed by atoms with Crippen molar-refractivity contribution in [1.29, 1.82) is 0 Å². The third-order valence-corrected chi connectivity index (χ3v) is 5.91. The summed E-state index contributed by atoms with van der Waals surface area (Å²) < 4.78 is 17.2. The predicted molar refractivity (Wildman–Crippen MR) is 120 cm³/mol. The average Bonchev–Trinajstić information content (AvgIpc) is 2.75. The molecule has 1 aliphatic rings. The number of esters is 1. The summed E-state index contributed by atoms with van der Waals surface area (Å²) in [7, 11) is -4.48. The molecule has 1 unspecified atom stereocenters. The van der Waals surface area contributed by atoms with Crippen molar-refractivity contribution in [2.24, 2.45) is 5.92 Å². The third kappa shape index (κ3) is 6.42. The Labute approximate surface area is 188 Å². The van der Waals surface area contributed by atoms with E-state index in [0.29, 0.717) is 0 Å². The molecule has 0 spiro atoms. The highest BCUT2D eigenvalue weighted by atomic mass is 31.2. The first-order chi connectivity index (χ1) is 15.1. The van der Waals surface area contributed by atoms with Gasteiger partial charge in [0, 0.05) is 19.5 Å². The maximum absolute atomic E-state index is 13.4. The van der Waals surface area contributed by atoms with Crippen LogP contribution in [0, 0.1) is 5.92 Å². The molecule has 1 heterocycles. The number of urea groups is 1. The quantitative estimate of drug-likeness (QED) is 0.485. The Hall–Kier alpha value is -2.67. The van der Waals surface area contributed by atoms with Gasteiger partial charge in [0.2, 0.25) is 0 Å². The molecule has 2 aromatic rings. The number of benzene rings is 2. The first kappa shape index (κ1) is 24.0. The van der Waals surface area contributed by atoms with Crippen molar-refractivity contribution in [3.8, 4) is 0 Å². The van der Waals surface area contributed by atoms with Gasteiger partial charge in [-0.2, -0.15) is 0 Å². The van der Waals surface area contributed by atoms with Gasteiger partial charge < -0.3 is 24.3 Å². The molecule has 3 rings (SSSR count). The molecule has 8 nitrogen and oxygen atoms in total. The molecule has 0 radical (unpaired) electrons. The summed E-state index contributed by atoms with van der Waals surface area (Å²) in [5.74, 6) is -0.552. The van der Waals surface area contributed by atoms with Crippen LogP contribution >= 0.6 is 7.60 Å². The predicted octanol–water partition coefficient (Wildman–Crippen LogP) is 3.37. The van der Waals surface area contributed by atoms with E-state index in [9.17, 15) is 23.9 Å². The van der Waals surface area contributed by atoms with E-state index in [-0.39, 0.29) is 32.0 Å². The number of carbonyl (C=O) groups excluding carboxylic acids is 2. The highest BCUT2D eigenvalue weighted by Gasteiger charge is 2.39. The van der Waals surface area contributed by atoms with Gasteiger partial charge in [0.1, 0.15) is 18.9 Å². The van der Waals surface area contributed by atoms with Crippen LogP contribution in [-0.4, -0.2) is 50.5 Å². The van der Waals surface area contributed by atoms with Gasteiger partial charge in [-0.1, -0.05) is 68.4 Å². The number of hydrogen-bond donors (Lipinski definition) is 2. The molecule has 2 amide bonds. The van der Waals surface area contributed by atoms with Crippen LogP contribution in [0.1, 0.15) is 30.5 Å². The maximum Gasteiger partial charge on any atom is 0.344 e. The third-order valence-electron chi connectivity index (χ3n) is 5.20. The van der Waals surface area contributed by atoms with Crippen LogP contribution in [0.25, 0.3) is 0 Å². The summed E-state index contributed by atoms with van der Waals surface area (Å²) in [6, 6.07) is 15.3. The van der Waals surface area contributed by atoms with Crippen molar-refractivity contribution in [1.82, 2.24) is 9.80 Å². The maximum atomic E-state index is 13.4. The molecular formula is C23H29N2O6P. The summed E-state index contributed by atoms with van der Waals surface area (Å²) in [5, 5.41) is 0. The number of amides is 2. The van der Waals surface area contributed by atoms with Gasteiger partial charge in [0.15, 0.2) is 0 Å². The van der Waals surface area contributed by atoms with Gasteiger partial charge in [-0.05, 0) is 22.6 Å². The number of ether oxygens (including phenoxy) is 1. The lowest BCUT2D eigenvalue weighted by Crippen LogP contribution is -2.54. The Bertz CT molecular complexity index is 991. The number of fused-ring (bicyclic) bond motifs is 1. The minimum atomic E-state index is -4.48. The van der Waals surface area contributed by atoms with Gasteiger partial charge in [0.25, 0.3) is 0 Å². The topological polar surface area (TPSA) is 107 Å². The average molecular weight is 460 g/mol. The van der Waals surface area contributed by atoms with Crippen molar-refractivity contribution in [3.63, 3.8) is 0 Å². The van der Waals surface area contributed by atoms with E-state index in [0.717, 1.165) is 21.6 Å². The number of rotatable bonds is 7. The highest BCUT2D eigenvalue weighted by Crippen LogP contribution is 2.36. The molecule has 0 fully saturated rings. The van der Waals surface area contributed by atoms with E-state index in [1.165, 1.54) is 4.90 Å². The van der Waals surface area contributed by atoms with Crippen LogP contribution in [0.3, 0.4) is 0 Å². The Morgan fingerprint density at radius 1 is 1.09 bits per heavy atom. The Morgan fingerprint density at radius 3 is 2.34 bits per heavy atom. The van der Waals surface area contributed by atoms with E-state index < -0.39 is 31.9 Å². The summed E-state index contributed by atoms with van der Waals surface area (Å²) in [6.07, 6.45) is -0.422. The van der Waals surface area contributed by atoms with Gasteiger partial charge in [0.05, 0.1) is 0 Å². The first-order valence-corrected chi connectivity index (χ1v) is 12.3. The molecule has 172 valence electrons. The lowest BCUT2D eigenvalue weighted by atomic mass is 9.94. The minimum Gasteiger partial charge on any atom is -0.459 e. The standard InChI is InChI=1S/C23H29N2O6P/c1-17(2)13-24(16-32(28,29)30)23(27)25-14-20-11-7-6-10-19(20)12-21(25)22(26)31-15-18-8-4-3-5-9-18/h3-11,17,21H,12-16H2,1-2H3,(H2,28,29,30). The van der Waals surface area contributed by atoms with Gasteiger partial charge in [-0.25, -0.2) is 9.59 Å². The zero-order valence-electron chi connectivity index (χ0n) is 18.3. The normalized spacial score (nSPS) is 15.9. The largest absolute Gasteiger partial charge is 0.459 e. The second-order valence-corrected chi connectivity index (χ2v) is 10.0. The van der Waals surface area contributed by atoms with Crippen LogP contribution in [-0.2, 0) is 33.7 Å². The smallest absolute Gasteiger partial charge is 0.344 e. The van der Waals surface area contributed by atoms with Gasteiger partial charge in [-0.3, -0.25) is 4.57 Å². The van der Waals surface area contributed by atoms with Crippen molar-refractivity contribution in [3.05, 3.63) is 71.3 Å². The second-order valence-electron chi connectivity index (χ2n) is 8.41. The number of hydrogen-bond acceptors (Lipinski definition) is 4. The molecule has 1 atom stereocenters. The van der Waals surface area contributed by atoms with E-state index >= 15 is 0 Å². The van der Waals surface area contributed by atoms with Gasteiger partial charge >= 0.3 is 19.6 Å². The van der Waals surface area contributed by atoms with Crippen molar-refractivity contribution in [2.45, 2.75) is 39.5 Å². The molecular weight excluding hydrogens is 431 g/mol. The van der Waals surface area contributed by atoms with E-state index in [2.05, 4.69) is 0 Å². The zero-order valence-corrected chi connectivity index (χ0v) is 19.1.